The summed E-state index contributed by atoms with van der Waals surface area (Å²) < 4.78 is 32.8. The van der Waals surface area contributed by atoms with E-state index in [0.29, 0.717) is 12.4 Å². The molecule has 0 bridgehead atoms. The van der Waals surface area contributed by atoms with Gasteiger partial charge in [0.2, 0.25) is 21.8 Å². The maximum Gasteiger partial charge on any atom is 0.244 e. The molecule has 3 aromatic carbocycles. The van der Waals surface area contributed by atoms with Crippen molar-refractivity contribution in [3.05, 3.63) is 95.6 Å². The molecule has 3 aromatic rings. The summed E-state index contributed by atoms with van der Waals surface area (Å²) in [4.78, 5) is 29.5. The van der Waals surface area contributed by atoms with Crippen molar-refractivity contribution in [3.63, 3.8) is 0 Å². The SMILES string of the molecule is CCOc1ccccc1N(CC(=O)N(Cc1cccc(C)c1)[C@@H](Cc1ccccc1)C(=O)N[C@H](C)CC)S(C)(=O)=O. The lowest BCUT2D eigenvalue weighted by Gasteiger charge is -2.34. The molecule has 0 fully saturated rings. The Kier molecular flexibility index (Phi) is 11.3. The first-order chi connectivity index (χ1) is 19.5. The Balaban J connectivity index is 2.09. The van der Waals surface area contributed by atoms with Crippen LogP contribution in [0.25, 0.3) is 0 Å². The standard InChI is InChI=1S/C32H41N3O5S/c1-6-25(4)33-32(37)29(21-26-15-9-8-10-16-26)34(22-27-17-13-14-24(3)20-27)31(36)23-35(41(5,38)39)28-18-11-12-19-30(28)40-7-2/h8-20,25,29H,6-7,21-23H2,1-5H3,(H,33,37)/t25-,29+/m1/s1. The molecule has 2 amide bonds. The minimum atomic E-state index is -3.89. The van der Waals surface area contributed by atoms with Crippen molar-refractivity contribution in [2.45, 2.75) is 59.2 Å². The molecule has 0 aromatic heterocycles. The van der Waals surface area contributed by atoms with Crippen molar-refractivity contribution in [2.24, 2.45) is 0 Å². The average Bonchev–Trinajstić information content (AvgIpc) is 2.94. The van der Waals surface area contributed by atoms with Crippen LogP contribution in [0.4, 0.5) is 5.69 Å². The highest BCUT2D eigenvalue weighted by Gasteiger charge is 2.34. The Morgan fingerprint density at radius 3 is 2.22 bits per heavy atom. The third-order valence-electron chi connectivity index (χ3n) is 6.82. The molecule has 9 heteroatoms. The molecular formula is C32H41N3O5S. The predicted molar refractivity (Wildman–Crippen MR) is 163 cm³/mol. The fraction of sp³-hybridized carbons (Fsp3) is 0.375. The van der Waals surface area contributed by atoms with Gasteiger partial charge in [-0.15, -0.1) is 0 Å². The van der Waals surface area contributed by atoms with Gasteiger partial charge in [0, 0.05) is 19.0 Å². The summed E-state index contributed by atoms with van der Waals surface area (Å²) in [6.07, 6.45) is 2.06. The maximum atomic E-state index is 14.2. The molecule has 0 saturated heterocycles. The number of anilines is 1. The molecule has 41 heavy (non-hydrogen) atoms. The molecule has 0 unspecified atom stereocenters. The zero-order valence-corrected chi connectivity index (χ0v) is 25.4. The second-order valence-corrected chi connectivity index (χ2v) is 12.1. The number of ether oxygens (including phenoxy) is 1. The van der Waals surface area contributed by atoms with E-state index in [0.717, 1.165) is 33.7 Å². The van der Waals surface area contributed by atoms with E-state index < -0.39 is 28.5 Å². The number of hydrogen-bond acceptors (Lipinski definition) is 5. The molecule has 0 radical (unpaired) electrons. The number of carbonyl (C=O) groups is 2. The first-order valence-corrected chi connectivity index (χ1v) is 15.8. The van der Waals surface area contributed by atoms with Crippen LogP contribution in [-0.4, -0.2) is 56.6 Å². The van der Waals surface area contributed by atoms with Crippen molar-refractivity contribution in [3.8, 4) is 5.75 Å². The fourth-order valence-electron chi connectivity index (χ4n) is 4.54. The van der Waals surface area contributed by atoms with Crippen LogP contribution in [0.5, 0.6) is 5.75 Å². The predicted octanol–water partition coefficient (Wildman–Crippen LogP) is 4.71. The van der Waals surface area contributed by atoms with Crippen LogP contribution in [0, 0.1) is 6.92 Å². The smallest absolute Gasteiger partial charge is 0.244 e. The monoisotopic (exact) mass is 579 g/mol. The van der Waals surface area contributed by atoms with Gasteiger partial charge >= 0.3 is 0 Å². The zero-order valence-electron chi connectivity index (χ0n) is 24.5. The quantitative estimate of drug-likeness (QED) is 0.298. The number of aryl methyl sites for hydroxylation is 1. The summed E-state index contributed by atoms with van der Waals surface area (Å²) in [5, 5.41) is 3.04. The lowest BCUT2D eigenvalue weighted by Crippen LogP contribution is -2.54. The fourth-order valence-corrected chi connectivity index (χ4v) is 5.39. The van der Waals surface area contributed by atoms with Gasteiger partial charge in [0.1, 0.15) is 18.3 Å². The summed E-state index contributed by atoms with van der Waals surface area (Å²) in [7, 11) is -3.89. The van der Waals surface area contributed by atoms with E-state index >= 15 is 0 Å². The highest BCUT2D eigenvalue weighted by Crippen LogP contribution is 2.30. The van der Waals surface area contributed by atoms with Crippen LogP contribution >= 0.6 is 0 Å². The minimum absolute atomic E-state index is 0.0951. The number of carbonyl (C=O) groups excluding carboxylic acids is 2. The number of nitrogens with zero attached hydrogens (tertiary/aromatic N) is 2. The number of rotatable bonds is 14. The summed E-state index contributed by atoms with van der Waals surface area (Å²) in [6, 6.07) is 23.0. The van der Waals surface area contributed by atoms with Crippen LogP contribution in [0.3, 0.4) is 0 Å². The van der Waals surface area contributed by atoms with Crippen molar-refractivity contribution >= 4 is 27.5 Å². The Labute approximate surface area is 244 Å². The molecule has 0 spiro atoms. The molecule has 3 rings (SSSR count). The van der Waals surface area contributed by atoms with Crippen molar-refractivity contribution < 1.29 is 22.7 Å². The van der Waals surface area contributed by atoms with Crippen LogP contribution < -0.4 is 14.4 Å². The van der Waals surface area contributed by atoms with Crippen LogP contribution in [0.1, 0.15) is 43.9 Å². The third-order valence-corrected chi connectivity index (χ3v) is 7.95. The first kappa shape index (κ1) is 31.7. The van der Waals surface area contributed by atoms with Gasteiger partial charge in [-0.05, 0) is 50.5 Å². The van der Waals surface area contributed by atoms with Gasteiger partial charge in [-0.1, -0.05) is 79.2 Å². The van der Waals surface area contributed by atoms with Crippen LogP contribution in [0.2, 0.25) is 0 Å². The van der Waals surface area contributed by atoms with Crippen molar-refractivity contribution in [1.29, 1.82) is 0 Å². The second kappa shape index (κ2) is 14.7. The van der Waals surface area contributed by atoms with Crippen molar-refractivity contribution in [1.82, 2.24) is 10.2 Å². The molecule has 2 atom stereocenters. The lowest BCUT2D eigenvalue weighted by atomic mass is 10.0. The molecule has 220 valence electrons. The molecule has 0 heterocycles. The molecule has 1 N–H and O–H groups in total. The first-order valence-electron chi connectivity index (χ1n) is 13.9. The number of benzene rings is 3. The van der Waals surface area contributed by atoms with Crippen molar-refractivity contribution in [2.75, 3.05) is 23.7 Å². The highest BCUT2D eigenvalue weighted by molar-refractivity contribution is 7.92. The van der Waals surface area contributed by atoms with Crippen LogP contribution in [-0.2, 0) is 32.6 Å². The van der Waals surface area contributed by atoms with E-state index in [1.165, 1.54) is 4.90 Å². The number of nitrogens with one attached hydrogen (secondary N) is 1. The van der Waals surface area contributed by atoms with E-state index in [1.807, 2.05) is 75.4 Å². The van der Waals surface area contributed by atoms with Crippen LogP contribution in [0.15, 0.2) is 78.9 Å². The van der Waals surface area contributed by atoms with Gasteiger partial charge in [-0.2, -0.15) is 0 Å². The molecule has 0 saturated carbocycles. The average molecular weight is 580 g/mol. The van der Waals surface area contributed by atoms with E-state index in [9.17, 15) is 18.0 Å². The van der Waals surface area contributed by atoms with Gasteiger partial charge in [-0.25, -0.2) is 8.42 Å². The Morgan fingerprint density at radius 2 is 1.59 bits per heavy atom. The number of para-hydroxylation sites is 2. The van der Waals surface area contributed by atoms with Gasteiger partial charge in [-0.3, -0.25) is 13.9 Å². The normalized spacial score (nSPS) is 12.7. The molecule has 0 aliphatic carbocycles. The summed E-state index contributed by atoms with van der Waals surface area (Å²) in [6.45, 7) is 7.64. The highest BCUT2D eigenvalue weighted by atomic mass is 32.2. The Bertz CT molecular complexity index is 1410. The minimum Gasteiger partial charge on any atom is -0.492 e. The van der Waals surface area contributed by atoms with Gasteiger partial charge in [0.15, 0.2) is 0 Å². The second-order valence-electron chi connectivity index (χ2n) is 10.2. The molecular weight excluding hydrogens is 538 g/mol. The number of amides is 2. The summed E-state index contributed by atoms with van der Waals surface area (Å²) in [5.41, 5.74) is 3.01. The van der Waals surface area contributed by atoms with E-state index in [1.54, 1.807) is 31.2 Å². The largest absolute Gasteiger partial charge is 0.492 e. The summed E-state index contributed by atoms with van der Waals surface area (Å²) in [5.74, 6) is -0.429. The third kappa shape index (κ3) is 9.08. The van der Waals surface area contributed by atoms with Gasteiger partial charge in [0.25, 0.3) is 0 Å². The Morgan fingerprint density at radius 1 is 0.927 bits per heavy atom. The van der Waals surface area contributed by atoms with Gasteiger partial charge < -0.3 is 15.0 Å². The van der Waals surface area contributed by atoms with Gasteiger partial charge in [0.05, 0.1) is 18.6 Å². The summed E-state index contributed by atoms with van der Waals surface area (Å²) >= 11 is 0. The lowest BCUT2D eigenvalue weighted by molar-refractivity contribution is -0.140. The maximum absolute atomic E-state index is 14.2. The van der Waals surface area contributed by atoms with E-state index in [4.69, 9.17) is 4.74 Å². The molecule has 8 nitrogen and oxygen atoms in total. The molecule has 0 aliphatic rings. The van der Waals surface area contributed by atoms with E-state index in [-0.39, 0.29) is 30.6 Å². The molecule has 0 aliphatic heterocycles. The zero-order chi connectivity index (χ0) is 30.0. The topological polar surface area (TPSA) is 96.0 Å². The number of sulfonamides is 1. The van der Waals surface area contributed by atoms with E-state index in [2.05, 4.69) is 5.32 Å². The Hall–Kier alpha value is -3.85. The number of hydrogen-bond donors (Lipinski definition) is 1.